The summed E-state index contributed by atoms with van der Waals surface area (Å²) >= 11 is 24.4. The lowest BCUT2D eigenvalue weighted by Gasteiger charge is -2.06. The van der Waals surface area contributed by atoms with E-state index in [0.717, 1.165) is 24.1 Å². The van der Waals surface area contributed by atoms with Gasteiger partial charge in [0.2, 0.25) is 0 Å². The van der Waals surface area contributed by atoms with Crippen LogP contribution in [0.4, 0.5) is 0 Å². The number of hydrogen-bond donors (Lipinski definition) is 0. The molecule has 6 heteroatoms. The highest BCUT2D eigenvalue weighted by molar-refractivity contribution is 6.36. The third-order valence-corrected chi connectivity index (χ3v) is 3.96. The summed E-state index contributed by atoms with van der Waals surface area (Å²) in [6.45, 7) is 2.08. The Morgan fingerprint density at radius 2 is 1.95 bits per heavy atom. The van der Waals surface area contributed by atoms with Crippen molar-refractivity contribution in [2.24, 2.45) is 0 Å². The second-order valence-electron chi connectivity index (χ2n) is 4.11. The van der Waals surface area contributed by atoms with E-state index in [4.69, 9.17) is 46.4 Å². The standard InChI is InChI=1S/C13H12Cl4N2/c1-2-3-11-9(7-14)13(17)19(18-11)12-5-4-8(15)6-10(12)16/h4-6H,2-3,7H2,1H3. The summed E-state index contributed by atoms with van der Waals surface area (Å²) in [5, 5.41) is 6.08. The van der Waals surface area contributed by atoms with Crippen molar-refractivity contribution in [2.45, 2.75) is 25.6 Å². The van der Waals surface area contributed by atoms with Gasteiger partial charge in [0.1, 0.15) is 5.15 Å². The van der Waals surface area contributed by atoms with Crippen molar-refractivity contribution in [3.63, 3.8) is 0 Å². The number of aryl methyl sites for hydroxylation is 1. The van der Waals surface area contributed by atoms with Gasteiger partial charge in [-0.2, -0.15) is 5.10 Å². The zero-order valence-corrected chi connectivity index (χ0v) is 13.3. The lowest BCUT2D eigenvalue weighted by atomic mass is 10.2. The summed E-state index contributed by atoms with van der Waals surface area (Å²) in [5.74, 6) is 0.333. The van der Waals surface area contributed by atoms with Crippen LogP contribution in [-0.4, -0.2) is 9.78 Å². The maximum Gasteiger partial charge on any atom is 0.137 e. The van der Waals surface area contributed by atoms with Crippen molar-refractivity contribution in [1.29, 1.82) is 0 Å². The summed E-state index contributed by atoms with van der Waals surface area (Å²) in [4.78, 5) is 0. The van der Waals surface area contributed by atoms with Gasteiger partial charge in [-0.25, -0.2) is 4.68 Å². The van der Waals surface area contributed by atoms with Crippen molar-refractivity contribution < 1.29 is 0 Å². The maximum absolute atomic E-state index is 6.34. The van der Waals surface area contributed by atoms with Gasteiger partial charge in [0.25, 0.3) is 0 Å². The topological polar surface area (TPSA) is 17.8 Å². The van der Waals surface area contributed by atoms with Crippen LogP contribution in [0.2, 0.25) is 15.2 Å². The van der Waals surface area contributed by atoms with Crippen molar-refractivity contribution in [3.05, 3.63) is 44.7 Å². The first-order chi connectivity index (χ1) is 9.08. The molecule has 0 atom stereocenters. The largest absolute Gasteiger partial charge is 0.220 e. The number of hydrogen-bond acceptors (Lipinski definition) is 1. The first kappa shape index (κ1) is 15.0. The fraction of sp³-hybridized carbons (Fsp3) is 0.308. The summed E-state index contributed by atoms with van der Waals surface area (Å²) in [7, 11) is 0. The minimum Gasteiger partial charge on any atom is -0.220 e. The SMILES string of the molecule is CCCc1nn(-c2ccc(Cl)cc2Cl)c(Cl)c1CCl. The molecular formula is C13H12Cl4N2. The Morgan fingerprint density at radius 1 is 1.21 bits per heavy atom. The molecule has 0 saturated heterocycles. The Hall–Kier alpha value is -0.410. The molecular weight excluding hydrogens is 326 g/mol. The fourth-order valence-corrected chi connectivity index (χ4v) is 3.00. The molecule has 1 heterocycles. The second-order valence-corrected chi connectivity index (χ2v) is 5.58. The molecule has 0 fully saturated rings. The van der Waals surface area contributed by atoms with Gasteiger partial charge >= 0.3 is 0 Å². The minimum atomic E-state index is 0.333. The zero-order valence-electron chi connectivity index (χ0n) is 10.3. The van der Waals surface area contributed by atoms with Gasteiger partial charge in [-0.05, 0) is 24.6 Å². The number of benzene rings is 1. The molecule has 0 aliphatic heterocycles. The molecule has 1 aromatic carbocycles. The third-order valence-electron chi connectivity index (χ3n) is 2.76. The van der Waals surface area contributed by atoms with Crippen LogP contribution in [0.5, 0.6) is 0 Å². The number of nitrogens with zero attached hydrogens (tertiary/aromatic N) is 2. The van der Waals surface area contributed by atoms with Crippen molar-refractivity contribution in [2.75, 3.05) is 0 Å². The molecule has 0 spiro atoms. The third kappa shape index (κ3) is 3.03. The summed E-state index contributed by atoms with van der Waals surface area (Å²) < 4.78 is 1.61. The van der Waals surface area contributed by atoms with Gasteiger partial charge in [0.05, 0.1) is 22.3 Å². The van der Waals surface area contributed by atoms with Crippen molar-refractivity contribution in [3.8, 4) is 5.69 Å². The van der Waals surface area contributed by atoms with E-state index in [2.05, 4.69) is 12.0 Å². The molecule has 0 radical (unpaired) electrons. The van der Waals surface area contributed by atoms with Crippen LogP contribution >= 0.6 is 46.4 Å². The van der Waals surface area contributed by atoms with Crippen LogP contribution in [-0.2, 0) is 12.3 Å². The molecule has 0 unspecified atom stereocenters. The van der Waals surface area contributed by atoms with E-state index in [9.17, 15) is 0 Å². The highest BCUT2D eigenvalue weighted by atomic mass is 35.5. The van der Waals surface area contributed by atoms with E-state index in [1.54, 1.807) is 22.9 Å². The van der Waals surface area contributed by atoms with E-state index < -0.39 is 0 Å². The molecule has 2 nitrogen and oxygen atoms in total. The molecule has 0 saturated carbocycles. The smallest absolute Gasteiger partial charge is 0.137 e. The summed E-state index contributed by atoms with van der Waals surface area (Å²) in [5.41, 5.74) is 2.47. The molecule has 0 N–H and O–H groups in total. The number of aromatic nitrogens is 2. The first-order valence-corrected chi connectivity index (χ1v) is 7.53. The highest BCUT2D eigenvalue weighted by Gasteiger charge is 2.17. The van der Waals surface area contributed by atoms with E-state index >= 15 is 0 Å². The number of halogens is 4. The average molecular weight is 338 g/mol. The van der Waals surface area contributed by atoms with Crippen LogP contribution in [0.25, 0.3) is 5.69 Å². The molecule has 102 valence electrons. The Labute approximate surface area is 132 Å². The van der Waals surface area contributed by atoms with E-state index in [1.807, 2.05) is 0 Å². The second kappa shape index (κ2) is 6.36. The van der Waals surface area contributed by atoms with E-state index in [0.29, 0.717) is 26.8 Å². The van der Waals surface area contributed by atoms with Gasteiger partial charge in [-0.1, -0.05) is 48.1 Å². The average Bonchev–Trinajstić information content (AvgIpc) is 2.66. The van der Waals surface area contributed by atoms with Crippen LogP contribution < -0.4 is 0 Å². The Morgan fingerprint density at radius 3 is 2.53 bits per heavy atom. The van der Waals surface area contributed by atoms with E-state index in [-0.39, 0.29) is 0 Å². The predicted molar refractivity (Wildman–Crippen MR) is 82.1 cm³/mol. The van der Waals surface area contributed by atoms with Crippen LogP contribution in [0.15, 0.2) is 18.2 Å². The number of alkyl halides is 1. The maximum atomic E-state index is 6.34. The Kier molecular flexibility index (Phi) is 5.02. The van der Waals surface area contributed by atoms with Crippen molar-refractivity contribution >= 4 is 46.4 Å². The molecule has 2 rings (SSSR count). The Balaban J connectivity index is 2.56. The molecule has 1 aromatic heterocycles. The zero-order chi connectivity index (χ0) is 14.0. The lowest BCUT2D eigenvalue weighted by Crippen LogP contribution is -1.98. The van der Waals surface area contributed by atoms with E-state index in [1.165, 1.54) is 0 Å². The van der Waals surface area contributed by atoms with Crippen molar-refractivity contribution in [1.82, 2.24) is 9.78 Å². The monoisotopic (exact) mass is 336 g/mol. The summed E-state index contributed by atoms with van der Waals surface area (Å²) in [6.07, 6.45) is 1.81. The molecule has 0 aliphatic carbocycles. The van der Waals surface area contributed by atoms with Gasteiger partial charge < -0.3 is 0 Å². The van der Waals surface area contributed by atoms with Crippen LogP contribution in [0.1, 0.15) is 24.6 Å². The van der Waals surface area contributed by atoms with Crippen LogP contribution in [0, 0.1) is 0 Å². The van der Waals surface area contributed by atoms with Crippen LogP contribution in [0.3, 0.4) is 0 Å². The minimum absolute atomic E-state index is 0.333. The molecule has 19 heavy (non-hydrogen) atoms. The first-order valence-electron chi connectivity index (χ1n) is 5.86. The molecule has 0 bridgehead atoms. The summed E-state index contributed by atoms with van der Waals surface area (Å²) in [6, 6.07) is 5.20. The highest BCUT2D eigenvalue weighted by Crippen LogP contribution is 2.30. The molecule has 2 aromatic rings. The fourth-order valence-electron chi connectivity index (χ4n) is 1.85. The Bertz CT molecular complexity index is 593. The van der Waals surface area contributed by atoms with Gasteiger partial charge in [0, 0.05) is 10.6 Å². The predicted octanol–water partition coefficient (Wildman–Crippen LogP) is 5.52. The normalized spacial score (nSPS) is 11.0. The van der Waals surface area contributed by atoms with Gasteiger partial charge in [-0.3, -0.25) is 0 Å². The van der Waals surface area contributed by atoms with Gasteiger partial charge in [-0.15, -0.1) is 11.6 Å². The molecule has 0 amide bonds. The lowest BCUT2D eigenvalue weighted by molar-refractivity contribution is 0.805. The quantitative estimate of drug-likeness (QED) is 0.671. The van der Waals surface area contributed by atoms with Gasteiger partial charge in [0.15, 0.2) is 0 Å². The number of rotatable bonds is 4. The molecule has 0 aliphatic rings.